The van der Waals surface area contributed by atoms with Crippen molar-refractivity contribution in [2.24, 2.45) is 17.8 Å². The SMILES string of the molecule is O=C(O)[C@@H]1CCC[C@@H]2CCCC[C@@H]21. The van der Waals surface area contributed by atoms with Gasteiger partial charge < -0.3 is 5.11 Å². The Morgan fingerprint density at radius 2 is 1.69 bits per heavy atom. The van der Waals surface area contributed by atoms with E-state index in [0.29, 0.717) is 5.92 Å². The van der Waals surface area contributed by atoms with Crippen LogP contribution in [0, 0.1) is 17.8 Å². The fraction of sp³-hybridized carbons (Fsp3) is 0.909. The average molecular weight is 182 g/mol. The van der Waals surface area contributed by atoms with Gasteiger partial charge in [-0.25, -0.2) is 0 Å². The molecule has 74 valence electrons. The van der Waals surface area contributed by atoms with Crippen molar-refractivity contribution in [2.45, 2.75) is 44.9 Å². The molecular weight excluding hydrogens is 164 g/mol. The van der Waals surface area contributed by atoms with Crippen molar-refractivity contribution in [3.05, 3.63) is 0 Å². The van der Waals surface area contributed by atoms with Gasteiger partial charge in [0.1, 0.15) is 0 Å². The molecule has 2 saturated carbocycles. The van der Waals surface area contributed by atoms with Crippen LogP contribution in [0.5, 0.6) is 0 Å². The maximum absolute atomic E-state index is 11.0. The molecule has 0 spiro atoms. The van der Waals surface area contributed by atoms with E-state index in [1.54, 1.807) is 0 Å². The van der Waals surface area contributed by atoms with E-state index in [2.05, 4.69) is 0 Å². The summed E-state index contributed by atoms with van der Waals surface area (Å²) in [5, 5.41) is 9.08. The van der Waals surface area contributed by atoms with Gasteiger partial charge >= 0.3 is 5.97 Å². The normalized spacial score (nSPS) is 39.5. The van der Waals surface area contributed by atoms with Gasteiger partial charge in [0.05, 0.1) is 5.92 Å². The van der Waals surface area contributed by atoms with Gasteiger partial charge in [0.15, 0.2) is 0 Å². The zero-order valence-electron chi connectivity index (χ0n) is 8.04. The molecule has 1 N–H and O–H groups in total. The molecule has 0 bridgehead atoms. The van der Waals surface area contributed by atoms with Crippen LogP contribution in [0.2, 0.25) is 0 Å². The molecule has 2 aliphatic rings. The summed E-state index contributed by atoms with van der Waals surface area (Å²) in [6.07, 6.45) is 8.39. The van der Waals surface area contributed by atoms with Gasteiger partial charge in [0.25, 0.3) is 0 Å². The molecular formula is C11H18O2. The molecule has 0 unspecified atom stereocenters. The Bertz CT molecular complexity index is 198. The van der Waals surface area contributed by atoms with Crippen LogP contribution in [-0.2, 0) is 4.79 Å². The second-order valence-corrected chi connectivity index (χ2v) is 4.58. The quantitative estimate of drug-likeness (QED) is 0.677. The highest BCUT2D eigenvalue weighted by Crippen LogP contribution is 2.43. The number of hydrogen-bond acceptors (Lipinski definition) is 1. The van der Waals surface area contributed by atoms with E-state index < -0.39 is 5.97 Å². The molecule has 2 heteroatoms. The van der Waals surface area contributed by atoms with Crippen LogP contribution in [-0.4, -0.2) is 11.1 Å². The number of hydrogen-bond donors (Lipinski definition) is 1. The van der Waals surface area contributed by atoms with Crippen LogP contribution in [0.25, 0.3) is 0 Å². The second-order valence-electron chi connectivity index (χ2n) is 4.58. The molecule has 3 atom stereocenters. The maximum Gasteiger partial charge on any atom is 0.306 e. The molecule has 2 fully saturated rings. The second kappa shape index (κ2) is 3.69. The van der Waals surface area contributed by atoms with Crippen molar-refractivity contribution in [2.75, 3.05) is 0 Å². The summed E-state index contributed by atoms with van der Waals surface area (Å²) in [6, 6.07) is 0. The topological polar surface area (TPSA) is 37.3 Å². The lowest BCUT2D eigenvalue weighted by molar-refractivity contribution is -0.146. The smallest absolute Gasteiger partial charge is 0.306 e. The van der Waals surface area contributed by atoms with Gasteiger partial charge in [-0.05, 0) is 24.7 Å². The molecule has 13 heavy (non-hydrogen) atoms. The molecule has 2 nitrogen and oxygen atoms in total. The fourth-order valence-corrected chi connectivity index (χ4v) is 3.25. The van der Waals surface area contributed by atoms with Crippen molar-refractivity contribution in [1.82, 2.24) is 0 Å². The minimum absolute atomic E-state index is 0.0148. The molecule has 0 aromatic heterocycles. The van der Waals surface area contributed by atoms with Gasteiger partial charge in [-0.15, -0.1) is 0 Å². The Kier molecular flexibility index (Phi) is 2.56. The lowest BCUT2D eigenvalue weighted by Crippen LogP contribution is -2.35. The molecule has 0 saturated heterocycles. The van der Waals surface area contributed by atoms with Crippen molar-refractivity contribution in [3.63, 3.8) is 0 Å². The average Bonchev–Trinajstić information content (AvgIpc) is 2.17. The first-order valence-corrected chi connectivity index (χ1v) is 5.52. The van der Waals surface area contributed by atoms with Gasteiger partial charge in [-0.3, -0.25) is 4.79 Å². The number of carboxylic acid groups (broad SMARTS) is 1. The summed E-state index contributed by atoms with van der Waals surface area (Å²) >= 11 is 0. The maximum atomic E-state index is 11.0. The number of carboxylic acids is 1. The van der Waals surface area contributed by atoms with Crippen molar-refractivity contribution >= 4 is 5.97 Å². The Morgan fingerprint density at radius 1 is 1.00 bits per heavy atom. The summed E-state index contributed by atoms with van der Waals surface area (Å²) in [5.41, 5.74) is 0. The van der Waals surface area contributed by atoms with Crippen LogP contribution in [0.4, 0.5) is 0 Å². The first-order valence-electron chi connectivity index (χ1n) is 5.52. The Balaban J connectivity index is 2.06. The summed E-state index contributed by atoms with van der Waals surface area (Å²) in [4.78, 5) is 11.0. The minimum atomic E-state index is -0.545. The minimum Gasteiger partial charge on any atom is -0.481 e. The van der Waals surface area contributed by atoms with E-state index in [1.807, 2.05) is 0 Å². The highest BCUT2D eigenvalue weighted by molar-refractivity contribution is 5.70. The van der Waals surface area contributed by atoms with Crippen molar-refractivity contribution in [3.8, 4) is 0 Å². The highest BCUT2D eigenvalue weighted by atomic mass is 16.4. The van der Waals surface area contributed by atoms with E-state index in [9.17, 15) is 4.79 Å². The summed E-state index contributed by atoms with van der Waals surface area (Å²) in [5.74, 6) is 0.694. The Morgan fingerprint density at radius 3 is 2.46 bits per heavy atom. The van der Waals surface area contributed by atoms with Gasteiger partial charge in [0, 0.05) is 0 Å². The Labute approximate surface area is 79.3 Å². The van der Waals surface area contributed by atoms with Crippen LogP contribution in [0.1, 0.15) is 44.9 Å². The molecule has 0 amide bonds. The molecule has 0 radical (unpaired) electrons. The Hall–Kier alpha value is -0.530. The van der Waals surface area contributed by atoms with Crippen molar-refractivity contribution in [1.29, 1.82) is 0 Å². The standard InChI is InChI=1S/C11H18O2/c12-11(13)10-7-3-5-8-4-1-2-6-9(8)10/h8-10H,1-7H2,(H,12,13)/t8-,9-,10+/m0/s1. The third-order valence-electron chi connectivity index (χ3n) is 3.89. The van der Waals surface area contributed by atoms with Crippen LogP contribution < -0.4 is 0 Å². The van der Waals surface area contributed by atoms with Crippen LogP contribution in [0.3, 0.4) is 0 Å². The summed E-state index contributed by atoms with van der Waals surface area (Å²) < 4.78 is 0. The van der Waals surface area contributed by atoms with Gasteiger partial charge in [-0.1, -0.05) is 32.1 Å². The van der Waals surface area contributed by atoms with Gasteiger partial charge in [-0.2, -0.15) is 0 Å². The third kappa shape index (κ3) is 1.72. The number of rotatable bonds is 1. The number of fused-ring (bicyclic) bond motifs is 1. The lowest BCUT2D eigenvalue weighted by Gasteiger charge is -2.39. The third-order valence-corrected chi connectivity index (χ3v) is 3.89. The van der Waals surface area contributed by atoms with Gasteiger partial charge in [0.2, 0.25) is 0 Å². The van der Waals surface area contributed by atoms with Crippen LogP contribution in [0.15, 0.2) is 0 Å². The molecule has 2 rings (SSSR count). The highest BCUT2D eigenvalue weighted by Gasteiger charge is 2.38. The lowest BCUT2D eigenvalue weighted by atomic mass is 9.65. The van der Waals surface area contributed by atoms with E-state index in [1.165, 1.54) is 32.1 Å². The molecule has 2 aliphatic carbocycles. The number of aliphatic carboxylic acids is 1. The van der Waals surface area contributed by atoms with E-state index in [0.717, 1.165) is 18.8 Å². The monoisotopic (exact) mass is 182 g/mol. The first kappa shape index (κ1) is 9.04. The van der Waals surface area contributed by atoms with Crippen molar-refractivity contribution < 1.29 is 9.90 Å². The summed E-state index contributed by atoms with van der Waals surface area (Å²) in [7, 11) is 0. The van der Waals surface area contributed by atoms with E-state index in [-0.39, 0.29) is 5.92 Å². The van der Waals surface area contributed by atoms with E-state index >= 15 is 0 Å². The fourth-order valence-electron chi connectivity index (χ4n) is 3.25. The molecule has 0 aliphatic heterocycles. The zero-order chi connectivity index (χ0) is 9.26. The predicted molar refractivity (Wildman–Crippen MR) is 50.4 cm³/mol. The van der Waals surface area contributed by atoms with E-state index in [4.69, 9.17) is 5.11 Å². The molecule has 0 heterocycles. The zero-order valence-corrected chi connectivity index (χ0v) is 8.04. The van der Waals surface area contributed by atoms with Crippen LogP contribution >= 0.6 is 0 Å². The molecule has 0 aromatic rings. The number of carbonyl (C=O) groups is 1. The predicted octanol–water partition coefficient (Wildman–Crippen LogP) is 2.68. The summed E-state index contributed by atoms with van der Waals surface area (Å²) in [6.45, 7) is 0. The molecule has 0 aromatic carbocycles. The largest absolute Gasteiger partial charge is 0.481 e. The first-order chi connectivity index (χ1) is 6.29.